The molecule has 0 spiro atoms. The van der Waals surface area contributed by atoms with E-state index in [4.69, 9.17) is 4.74 Å². The monoisotopic (exact) mass is 460 g/mol. The van der Waals surface area contributed by atoms with E-state index < -0.39 is 22.0 Å². The number of hydrogen-bond acceptors (Lipinski definition) is 7. The van der Waals surface area contributed by atoms with Gasteiger partial charge in [0.2, 0.25) is 15.9 Å². The van der Waals surface area contributed by atoms with E-state index in [2.05, 4.69) is 4.74 Å². The van der Waals surface area contributed by atoms with Crippen molar-refractivity contribution in [1.82, 2.24) is 9.21 Å². The minimum Gasteiger partial charge on any atom is -0.465 e. The van der Waals surface area contributed by atoms with Crippen LogP contribution in [0.1, 0.15) is 33.2 Å². The van der Waals surface area contributed by atoms with E-state index in [-0.39, 0.29) is 36.1 Å². The highest BCUT2D eigenvalue weighted by molar-refractivity contribution is 7.89. The molecule has 9 nitrogen and oxygen atoms in total. The van der Waals surface area contributed by atoms with Gasteiger partial charge in [-0.1, -0.05) is 12.1 Å². The van der Waals surface area contributed by atoms with E-state index in [9.17, 15) is 22.8 Å². The number of esters is 2. The maximum atomic E-state index is 12.8. The van der Waals surface area contributed by atoms with Crippen LogP contribution in [-0.4, -0.2) is 68.8 Å². The Balaban J connectivity index is 1.62. The predicted molar refractivity (Wildman–Crippen MR) is 114 cm³/mol. The molecule has 0 aromatic heterocycles. The number of hydrogen-bond donors (Lipinski definition) is 0. The molecule has 0 bridgehead atoms. The Morgan fingerprint density at radius 2 is 1.56 bits per heavy atom. The third-order valence-electron chi connectivity index (χ3n) is 5.13. The molecule has 1 amide bonds. The van der Waals surface area contributed by atoms with E-state index in [1.54, 1.807) is 29.2 Å². The molecule has 0 radical (unpaired) electrons. The number of piperazine rings is 1. The summed E-state index contributed by atoms with van der Waals surface area (Å²) in [7, 11) is -2.44. The number of methoxy groups -OCH3 is 1. The van der Waals surface area contributed by atoms with Crippen molar-refractivity contribution in [3.05, 3.63) is 65.2 Å². The Morgan fingerprint density at radius 3 is 2.16 bits per heavy atom. The van der Waals surface area contributed by atoms with Crippen LogP contribution in [0.4, 0.5) is 0 Å². The van der Waals surface area contributed by atoms with Crippen molar-refractivity contribution in [3.63, 3.8) is 0 Å². The molecule has 3 rings (SSSR count). The first kappa shape index (κ1) is 23.4. The van der Waals surface area contributed by atoms with Gasteiger partial charge in [-0.05, 0) is 42.0 Å². The highest BCUT2D eigenvalue weighted by Gasteiger charge is 2.29. The van der Waals surface area contributed by atoms with Crippen molar-refractivity contribution in [2.24, 2.45) is 0 Å². The van der Waals surface area contributed by atoms with Crippen LogP contribution in [0.3, 0.4) is 0 Å². The fourth-order valence-electron chi connectivity index (χ4n) is 3.29. The Hall–Kier alpha value is -3.24. The Bertz CT molecular complexity index is 1110. The SMILES string of the molecule is COC(=O)c1cccc(COC(=O)c2ccc(S(=O)(=O)N3CCN(C(C)=O)CC3)cc2)c1. The average molecular weight is 461 g/mol. The fraction of sp³-hybridized carbons (Fsp3) is 0.318. The van der Waals surface area contributed by atoms with Gasteiger partial charge in [-0.15, -0.1) is 0 Å². The molecule has 1 saturated heterocycles. The van der Waals surface area contributed by atoms with Crippen molar-refractivity contribution >= 4 is 27.9 Å². The average Bonchev–Trinajstić information content (AvgIpc) is 2.82. The molecule has 0 atom stereocenters. The number of rotatable bonds is 6. The molecular formula is C22H24N2O7S. The van der Waals surface area contributed by atoms with E-state index >= 15 is 0 Å². The summed E-state index contributed by atoms with van der Waals surface area (Å²) >= 11 is 0. The van der Waals surface area contributed by atoms with Crippen LogP contribution in [-0.2, 0) is 30.9 Å². The summed E-state index contributed by atoms with van der Waals surface area (Å²) in [6.45, 7) is 2.53. The maximum Gasteiger partial charge on any atom is 0.338 e. The highest BCUT2D eigenvalue weighted by Crippen LogP contribution is 2.19. The molecule has 2 aromatic rings. The van der Waals surface area contributed by atoms with Gasteiger partial charge in [0, 0.05) is 33.1 Å². The van der Waals surface area contributed by atoms with Crippen LogP contribution in [0.5, 0.6) is 0 Å². The highest BCUT2D eigenvalue weighted by atomic mass is 32.2. The molecule has 2 aromatic carbocycles. The lowest BCUT2D eigenvalue weighted by molar-refractivity contribution is -0.129. The third kappa shape index (κ3) is 5.32. The molecular weight excluding hydrogens is 436 g/mol. The molecule has 1 heterocycles. The number of carbonyl (C=O) groups is 3. The normalized spacial score (nSPS) is 14.6. The van der Waals surface area contributed by atoms with Gasteiger partial charge in [-0.2, -0.15) is 4.31 Å². The summed E-state index contributed by atoms with van der Waals surface area (Å²) in [6.07, 6.45) is 0. The molecule has 32 heavy (non-hydrogen) atoms. The smallest absolute Gasteiger partial charge is 0.338 e. The zero-order valence-corrected chi connectivity index (χ0v) is 18.6. The number of ether oxygens (including phenoxy) is 2. The van der Waals surface area contributed by atoms with Crippen molar-refractivity contribution < 1.29 is 32.3 Å². The zero-order chi connectivity index (χ0) is 23.3. The number of nitrogens with zero attached hydrogens (tertiary/aromatic N) is 2. The molecule has 0 aliphatic carbocycles. The Kier molecular flexibility index (Phi) is 7.26. The minimum atomic E-state index is -3.72. The lowest BCUT2D eigenvalue weighted by atomic mass is 10.1. The molecule has 1 aliphatic heterocycles. The minimum absolute atomic E-state index is 0.0514. The van der Waals surface area contributed by atoms with Crippen molar-refractivity contribution in [3.8, 4) is 0 Å². The second kappa shape index (κ2) is 9.92. The number of benzene rings is 2. The van der Waals surface area contributed by atoms with Gasteiger partial charge in [0.15, 0.2) is 0 Å². The lowest BCUT2D eigenvalue weighted by Crippen LogP contribution is -2.49. The summed E-state index contributed by atoms with van der Waals surface area (Å²) in [5.41, 5.74) is 1.17. The van der Waals surface area contributed by atoms with Crippen molar-refractivity contribution in [1.29, 1.82) is 0 Å². The fourth-order valence-corrected chi connectivity index (χ4v) is 4.72. The van der Waals surface area contributed by atoms with E-state index in [1.807, 2.05) is 0 Å². The maximum absolute atomic E-state index is 12.8. The largest absolute Gasteiger partial charge is 0.465 e. The van der Waals surface area contributed by atoms with Crippen LogP contribution >= 0.6 is 0 Å². The van der Waals surface area contributed by atoms with Gasteiger partial charge in [-0.25, -0.2) is 18.0 Å². The lowest BCUT2D eigenvalue weighted by Gasteiger charge is -2.33. The van der Waals surface area contributed by atoms with Crippen molar-refractivity contribution in [2.45, 2.75) is 18.4 Å². The quantitative estimate of drug-likeness (QED) is 0.603. The molecule has 1 aliphatic rings. The van der Waals surface area contributed by atoms with Crippen molar-refractivity contribution in [2.75, 3.05) is 33.3 Å². The number of amides is 1. The first-order chi connectivity index (χ1) is 15.2. The summed E-state index contributed by atoms with van der Waals surface area (Å²) in [6, 6.07) is 12.0. The van der Waals surface area contributed by atoms with Gasteiger partial charge in [0.05, 0.1) is 23.1 Å². The summed E-state index contributed by atoms with van der Waals surface area (Å²) in [5, 5.41) is 0. The van der Waals surface area contributed by atoms with Crippen LogP contribution < -0.4 is 0 Å². The summed E-state index contributed by atoms with van der Waals surface area (Å²) in [5.74, 6) is -1.19. The topological polar surface area (TPSA) is 110 Å². The summed E-state index contributed by atoms with van der Waals surface area (Å²) < 4.78 is 36.9. The van der Waals surface area contributed by atoms with Crippen LogP contribution in [0.2, 0.25) is 0 Å². The first-order valence-corrected chi connectivity index (χ1v) is 11.4. The van der Waals surface area contributed by atoms with Gasteiger partial charge < -0.3 is 14.4 Å². The van der Waals surface area contributed by atoms with E-state index in [0.717, 1.165) is 0 Å². The molecule has 1 fully saturated rings. The standard InChI is InChI=1S/C22H24N2O7S/c1-16(25)23-10-12-24(13-11-23)32(28,29)20-8-6-18(7-9-20)22(27)31-15-17-4-3-5-19(14-17)21(26)30-2/h3-9,14H,10-13,15H2,1-2H3. The molecule has 0 N–H and O–H groups in total. The van der Waals surface area contributed by atoms with Crippen LogP contribution in [0.25, 0.3) is 0 Å². The van der Waals surface area contributed by atoms with Gasteiger partial charge in [0.25, 0.3) is 0 Å². The zero-order valence-electron chi connectivity index (χ0n) is 17.8. The molecule has 170 valence electrons. The van der Waals surface area contributed by atoms with Crippen LogP contribution in [0, 0.1) is 0 Å². The molecule has 0 saturated carbocycles. The second-order valence-electron chi connectivity index (χ2n) is 7.20. The first-order valence-electron chi connectivity index (χ1n) is 9.92. The van der Waals surface area contributed by atoms with E-state index in [1.165, 1.54) is 42.6 Å². The molecule has 10 heteroatoms. The second-order valence-corrected chi connectivity index (χ2v) is 9.14. The Labute approximate surface area is 186 Å². The van der Waals surface area contributed by atoms with Gasteiger partial charge in [0.1, 0.15) is 6.61 Å². The van der Waals surface area contributed by atoms with E-state index in [0.29, 0.717) is 24.2 Å². The molecule has 0 unspecified atom stereocenters. The van der Waals surface area contributed by atoms with Crippen LogP contribution in [0.15, 0.2) is 53.4 Å². The number of carbonyl (C=O) groups excluding carboxylic acids is 3. The Morgan fingerprint density at radius 1 is 0.906 bits per heavy atom. The third-order valence-corrected chi connectivity index (χ3v) is 7.04. The van der Waals surface area contributed by atoms with Gasteiger partial charge >= 0.3 is 11.9 Å². The predicted octanol–water partition coefficient (Wildman–Crippen LogP) is 1.68. The summed E-state index contributed by atoms with van der Waals surface area (Å²) in [4.78, 5) is 37.0. The van der Waals surface area contributed by atoms with Gasteiger partial charge in [-0.3, -0.25) is 4.79 Å². The number of sulfonamides is 1.